The normalized spacial score (nSPS) is 10.3. The molecule has 0 aliphatic carbocycles. The van der Waals surface area contributed by atoms with Crippen LogP contribution in [-0.2, 0) is 6.42 Å². The second-order valence-corrected chi connectivity index (χ2v) is 7.01. The Kier molecular flexibility index (Phi) is 6.61. The van der Waals surface area contributed by atoms with Crippen molar-refractivity contribution in [2.24, 2.45) is 0 Å². The molecule has 0 saturated carbocycles. The van der Waals surface area contributed by atoms with Gasteiger partial charge in [0.25, 0.3) is 5.91 Å². The molecule has 0 aliphatic heterocycles. The molecule has 0 spiro atoms. The summed E-state index contributed by atoms with van der Waals surface area (Å²) >= 11 is 0. The van der Waals surface area contributed by atoms with E-state index in [2.05, 4.69) is 17.4 Å². The van der Waals surface area contributed by atoms with Crippen molar-refractivity contribution in [1.29, 1.82) is 0 Å². The maximum absolute atomic E-state index is 12.6. The molecule has 0 radical (unpaired) electrons. The minimum Gasteiger partial charge on any atom is -0.493 e. The van der Waals surface area contributed by atoms with Crippen molar-refractivity contribution in [3.63, 3.8) is 0 Å². The average molecular weight is 409 g/mol. The number of carbonyl (C=O) groups is 1. The summed E-state index contributed by atoms with van der Waals surface area (Å²) < 4.78 is 11.6. The molecule has 0 fully saturated rings. The quantitative estimate of drug-likeness (QED) is 0.369. The molecule has 0 aliphatic rings. The molecule has 1 amide bonds. The minimum absolute atomic E-state index is 0.190. The van der Waals surface area contributed by atoms with Gasteiger partial charge >= 0.3 is 0 Å². The molecule has 0 heterocycles. The number of carbonyl (C=O) groups excluding carboxylic acids is 1. The molecule has 4 aromatic rings. The molecular formula is C27H23NO3. The van der Waals surface area contributed by atoms with E-state index in [1.54, 1.807) is 12.1 Å². The molecule has 0 aromatic heterocycles. The summed E-state index contributed by atoms with van der Waals surface area (Å²) in [6.45, 7) is 0.554. The summed E-state index contributed by atoms with van der Waals surface area (Å²) in [6.07, 6.45) is 0.814. The molecule has 4 rings (SSSR count). The first kappa shape index (κ1) is 20.2. The third-order valence-corrected chi connectivity index (χ3v) is 4.69. The zero-order valence-electron chi connectivity index (χ0n) is 17.0. The first-order chi connectivity index (χ1) is 15.3. The third kappa shape index (κ3) is 5.97. The third-order valence-electron chi connectivity index (χ3n) is 4.69. The van der Waals surface area contributed by atoms with Crippen LogP contribution in [0.15, 0.2) is 109 Å². The second kappa shape index (κ2) is 10.1. The lowest BCUT2D eigenvalue weighted by Crippen LogP contribution is -2.12. The standard InChI is InChI=1S/C27H23NO3/c29-27(28-23-14-16-25(17-15-23)31-24-11-5-2-6-12-24)22-10-7-13-26(20-22)30-19-18-21-8-3-1-4-9-21/h1-17,20H,18-19H2,(H,28,29). The van der Waals surface area contributed by atoms with Crippen molar-refractivity contribution in [2.75, 3.05) is 11.9 Å². The second-order valence-electron chi connectivity index (χ2n) is 7.01. The first-order valence-corrected chi connectivity index (χ1v) is 10.2. The van der Waals surface area contributed by atoms with Gasteiger partial charge in [-0.25, -0.2) is 0 Å². The summed E-state index contributed by atoms with van der Waals surface area (Å²) in [6, 6.07) is 34.2. The SMILES string of the molecule is O=C(Nc1ccc(Oc2ccccc2)cc1)c1cccc(OCCc2ccccc2)c1. The van der Waals surface area contributed by atoms with E-state index in [4.69, 9.17) is 9.47 Å². The van der Waals surface area contributed by atoms with Crippen LogP contribution >= 0.6 is 0 Å². The lowest BCUT2D eigenvalue weighted by atomic mass is 10.1. The molecular weight excluding hydrogens is 386 g/mol. The predicted molar refractivity (Wildman–Crippen MR) is 123 cm³/mol. The van der Waals surface area contributed by atoms with Crippen molar-refractivity contribution in [1.82, 2.24) is 0 Å². The lowest BCUT2D eigenvalue weighted by Gasteiger charge is -2.10. The Labute approximate surface area is 182 Å². The van der Waals surface area contributed by atoms with Crippen LogP contribution in [0.25, 0.3) is 0 Å². The van der Waals surface area contributed by atoms with Crippen molar-refractivity contribution >= 4 is 11.6 Å². The monoisotopic (exact) mass is 409 g/mol. The fourth-order valence-electron chi connectivity index (χ4n) is 3.09. The topological polar surface area (TPSA) is 47.6 Å². The van der Waals surface area contributed by atoms with Gasteiger partial charge in [-0.1, -0.05) is 54.6 Å². The van der Waals surface area contributed by atoms with E-state index in [9.17, 15) is 4.79 Å². The van der Waals surface area contributed by atoms with E-state index in [1.165, 1.54) is 5.56 Å². The fraction of sp³-hybridized carbons (Fsp3) is 0.0741. The Hall–Kier alpha value is -4.05. The summed E-state index contributed by atoms with van der Waals surface area (Å²) in [5.74, 6) is 1.96. The van der Waals surface area contributed by atoms with Crippen molar-refractivity contribution in [3.05, 3.63) is 120 Å². The summed E-state index contributed by atoms with van der Waals surface area (Å²) in [7, 11) is 0. The van der Waals surface area contributed by atoms with Crippen LogP contribution < -0.4 is 14.8 Å². The summed E-state index contributed by atoms with van der Waals surface area (Å²) in [4.78, 5) is 12.6. The number of hydrogen-bond donors (Lipinski definition) is 1. The predicted octanol–water partition coefficient (Wildman–Crippen LogP) is 6.35. The van der Waals surface area contributed by atoms with E-state index in [-0.39, 0.29) is 5.91 Å². The molecule has 4 aromatic carbocycles. The molecule has 154 valence electrons. The summed E-state index contributed by atoms with van der Waals surface area (Å²) in [5, 5.41) is 2.91. The van der Waals surface area contributed by atoms with Crippen LogP contribution in [0.5, 0.6) is 17.2 Å². The van der Waals surface area contributed by atoms with Gasteiger partial charge in [0.1, 0.15) is 17.2 Å². The molecule has 0 unspecified atom stereocenters. The van der Waals surface area contributed by atoms with E-state index in [0.29, 0.717) is 29.4 Å². The number of para-hydroxylation sites is 1. The van der Waals surface area contributed by atoms with Gasteiger partial charge in [-0.05, 0) is 60.2 Å². The van der Waals surface area contributed by atoms with E-state index < -0.39 is 0 Å². The van der Waals surface area contributed by atoms with Gasteiger partial charge in [0.15, 0.2) is 0 Å². The van der Waals surface area contributed by atoms with Crippen LogP contribution in [0.4, 0.5) is 5.69 Å². The number of rotatable bonds is 8. The largest absolute Gasteiger partial charge is 0.493 e. The smallest absolute Gasteiger partial charge is 0.255 e. The zero-order valence-corrected chi connectivity index (χ0v) is 17.0. The van der Waals surface area contributed by atoms with Gasteiger partial charge in [0.05, 0.1) is 6.61 Å². The maximum Gasteiger partial charge on any atom is 0.255 e. The van der Waals surface area contributed by atoms with Crippen molar-refractivity contribution < 1.29 is 14.3 Å². The molecule has 4 heteroatoms. The Bertz CT molecular complexity index is 1110. The Morgan fingerprint density at radius 1 is 0.677 bits per heavy atom. The minimum atomic E-state index is -0.190. The molecule has 4 nitrogen and oxygen atoms in total. The van der Waals surface area contributed by atoms with Crippen LogP contribution in [-0.4, -0.2) is 12.5 Å². The molecule has 0 atom stereocenters. The maximum atomic E-state index is 12.6. The first-order valence-electron chi connectivity index (χ1n) is 10.2. The number of ether oxygens (including phenoxy) is 2. The molecule has 1 N–H and O–H groups in total. The highest BCUT2D eigenvalue weighted by atomic mass is 16.5. The Morgan fingerprint density at radius 2 is 1.32 bits per heavy atom. The number of amides is 1. The molecule has 31 heavy (non-hydrogen) atoms. The van der Waals surface area contributed by atoms with Crippen LogP contribution in [0, 0.1) is 0 Å². The van der Waals surface area contributed by atoms with Crippen LogP contribution in [0.1, 0.15) is 15.9 Å². The highest BCUT2D eigenvalue weighted by Gasteiger charge is 2.08. The molecule has 0 saturated heterocycles. The average Bonchev–Trinajstić information content (AvgIpc) is 2.82. The van der Waals surface area contributed by atoms with E-state index in [1.807, 2.05) is 84.9 Å². The van der Waals surface area contributed by atoms with Gasteiger partial charge in [-0.3, -0.25) is 4.79 Å². The number of anilines is 1. The number of benzene rings is 4. The van der Waals surface area contributed by atoms with Gasteiger partial charge in [0.2, 0.25) is 0 Å². The molecule has 0 bridgehead atoms. The Morgan fingerprint density at radius 3 is 2.06 bits per heavy atom. The summed E-state index contributed by atoms with van der Waals surface area (Å²) in [5.41, 5.74) is 2.46. The van der Waals surface area contributed by atoms with Crippen LogP contribution in [0.2, 0.25) is 0 Å². The van der Waals surface area contributed by atoms with Crippen molar-refractivity contribution in [2.45, 2.75) is 6.42 Å². The fourth-order valence-corrected chi connectivity index (χ4v) is 3.09. The highest BCUT2D eigenvalue weighted by molar-refractivity contribution is 6.04. The van der Waals surface area contributed by atoms with Gasteiger partial charge in [-0.2, -0.15) is 0 Å². The van der Waals surface area contributed by atoms with E-state index >= 15 is 0 Å². The van der Waals surface area contributed by atoms with Gasteiger partial charge < -0.3 is 14.8 Å². The Balaban J connectivity index is 1.32. The van der Waals surface area contributed by atoms with Crippen molar-refractivity contribution in [3.8, 4) is 17.2 Å². The number of nitrogens with one attached hydrogen (secondary N) is 1. The highest BCUT2D eigenvalue weighted by Crippen LogP contribution is 2.23. The van der Waals surface area contributed by atoms with E-state index in [0.717, 1.165) is 12.2 Å². The number of hydrogen-bond acceptors (Lipinski definition) is 3. The zero-order chi connectivity index (χ0) is 21.3. The lowest BCUT2D eigenvalue weighted by molar-refractivity contribution is 0.102. The van der Waals surface area contributed by atoms with Gasteiger partial charge in [0, 0.05) is 17.7 Å². The van der Waals surface area contributed by atoms with Crippen LogP contribution in [0.3, 0.4) is 0 Å². The van der Waals surface area contributed by atoms with Gasteiger partial charge in [-0.15, -0.1) is 0 Å².